The van der Waals surface area contributed by atoms with Gasteiger partial charge in [0.05, 0.1) is 6.04 Å². The molecule has 0 aliphatic rings. The number of rotatable bonds is 10. The number of Topliss-reactive ketones (excluding diaryl/α,β-unsaturated/α-hetero) is 1. The van der Waals surface area contributed by atoms with E-state index in [4.69, 9.17) is 0 Å². The van der Waals surface area contributed by atoms with Crippen LogP contribution in [-0.2, 0) is 14.4 Å². The Morgan fingerprint density at radius 1 is 1.10 bits per heavy atom. The molecule has 0 heterocycles. The smallest absolute Gasteiger partial charge is 0.243 e. The highest BCUT2D eigenvalue weighted by Crippen LogP contribution is 2.08. The maximum atomic E-state index is 12.6. The largest absolute Gasteiger partial charge is 0.345 e. The second kappa shape index (κ2) is 10.3. The van der Waals surface area contributed by atoms with Crippen LogP contribution in [0.4, 0.5) is 4.39 Å². The summed E-state index contributed by atoms with van der Waals surface area (Å²) < 4.78 is 12.6. The summed E-state index contributed by atoms with van der Waals surface area (Å²) in [7, 11) is 0. The quantitative estimate of drug-likeness (QED) is 0.645. The van der Waals surface area contributed by atoms with Gasteiger partial charge in [0.15, 0.2) is 5.78 Å². The highest BCUT2D eigenvalue weighted by atomic mass is 19.1. The molecule has 0 aromatic rings. The van der Waals surface area contributed by atoms with Gasteiger partial charge >= 0.3 is 0 Å². The van der Waals surface area contributed by atoms with Crippen LogP contribution in [0.1, 0.15) is 53.4 Å². The van der Waals surface area contributed by atoms with Crippen LogP contribution in [0.5, 0.6) is 0 Å². The number of amides is 2. The molecule has 21 heavy (non-hydrogen) atoms. The fourth-order valence-electron chi connectivity index (χ4n) is 2.04. The van der Waals surface area contributed by atoms with Crippen LogP contribution in [0.2, 0.25) is 0 Å². The molecule has 0 fully saturated rings. The molecule has 5 nitrogen and oxygen atoms in total. The van der Waals surface area contributed by atoms with E-state index in [1.165, 1.54) is 6.92 Å². The molecule has 0 aliphatic heterocycles. The molecule has 0 saturated carbocycles. The number of nitrogens with one attached hydrogen (secondary N) is 2. The van der Waals surface area contributed by atoms with Gasteiger partial charge in [-0.25, -0.2) is 4.39 Å². The Kier molecular flexibility index (Phi) is 9.58. The van der Waals surface area contributed by atoms with Crippen molar-refractivity contribution in [3.8, 4) is 0 Å². The van der Waals surface area contributed by atoms with Crippen LogP contribution < -0.4 is 10.6 Å². The third-order valence-electron chi connectivity index (χ3n) is 3.08. The van der Waals surface area contributed by atoms with Gasteiger partial charge in [-0.15, -0.1) is 0 Å². The van der Waals surface area contributed by atoms with E-state index in [1.54, 1.807) is 0 Å². The number of carbonyl (C=O) groups excluding carboxylic acids is 3. The number of alkyl halides is 1. The third-order valence-corrected chi connectivity index (χ3v) is 3.08. The van der Waals surface area contributed by atoms with Crippen molar-refractivity contribution in [3.05, 3.63) is 0 Å². The Morgan fingerprint density at radius 2 is 1.71 bits per heavy atom. The first kappa shape index (κ1) is 19.5. The van der Waals surface area contributed by atoms with Gasteiger partial charge < -0.3 is 10.6 Å². The molecule has 0 aromatic carbocycles. The monoisotopic (exact) mass is 302 g/mol. The summed E-state index contributed by atoms with van der Waals surface area (Å²) in [5.74, 6) is -1.15. The summed E-state index contributed by atoms with van der Waals surface area (Å²) in [4.78, 5) is 34.9. The van der Waals surface area contributed by atoms with Crippen molar-refractivity contribution >= 4 is 17.6 Å². The molecule has 2 N–H and O–H groups in total. The van der Waals surface area contributed by atoms with Crippen LogP contribution in [-0.4, -0.2) is 36.4 Å². The van der Waals surface area contributed by atoms with Gasteiger partial charge in [0.2, 0.25) is 11.8 Å². The number of carbonyl (C=O) groups is 3. The van der Waals surface area contributed by atoms with Crippen LogP contribution in [0, 0.1) is 5.92 Å². The van der Waals surface area contributed by atoms with Crippen molar-refractivity contribution in [2.75, 3.05) is 6.67 Å². The topological polar surface area (TPSA) is 75.3 Å². The fourth-order valence-corrected chi connectivity index (χ4v) is 2.04. The lowest BCUT2D eigenvalue weighted by atomic mass is 10.0. The van der Waals surface area contributed by atoms with Crippen molar-refractivity contribution in [2.45, 2.75) is 65.5 Å². The zero-order valence-electron chi connectivity index (χ0n) is 13.4. The van der Waals surface area contributed by atoms with Gasteiger partial charge in [-0.3, -0.25) is 14.4 Å². The van der Waals surface area contributed by atoms with E-state index in [2.05, 4.69) is 10.6 Å². The van der Waals surface area contributed by atoms with E-state index in [0.717, 1.165) is 12.8 Å². The lowest BCUT2D eigenvalue weighted by molar-refractivity contribution is -0.131. The first-order chi connectivity index (χ1) is 9.81. The minimum absolute atomic E-state index is 0.207. The van der Waals surface area contributed by atoms with E-state index in [9.17, 15) is 18.8 Å². The van der Waals surface area contributed by atoms with Gasteiger partial charge in [0, 0.05) is 6.92 Å². The summed E-state index contributed by atoms with van der Waals surface area (Å²) in [6.45, 7) is 6.07. The van der Waals surface area contributed by atoms with Gasteiger partial charge in [0.1, 0.15) is 12.7 Å². The number of hydrogen-bond acceptors (Lipinski definition) is 3. The third kappa shape index (κ3) is 8.42. The molecule has 0 rings (SSSR count). The molecular formula is C15H27FN2O3. The zero-order valence-corrected chi connectivity index (χ0v) is 13.4. The summed E-state index contributed by atoms with van der Waals surface area (Å²) in [5, 5.41) is 5.14. The maximum Gasteiger partial charge on any atom is 0.243 e. The summed E-state index contributed by atoms with van der Waals surface area (Å²) >= 11 is 0. The molecule has 0 spiro atoms. The molecule has 0 radical (unpaired) electrons. The molecule has 2 atom stereocenters. The molecule has 0 saturated heterocycles. The lowest BCUT2D eigenvalue weighted by Gasteiger charge is -2.23. The summed E-state index contributed by atoms with van der Waals surface area (Å²) in [6, 6.07) is -1.51. The summed E-state index contributed by atoms with van der Waals surface area (Å²) in [5.41, 5.74) is 0. The van der Waals surface area contributed by atoms with Gasteiger partial charge in [-0.1, -0.05) is 33.6 Å². The van der Waals surface area contributed by atoms with Crippen molar-refractivity contribution in [1.82, 2.24) is 10.6 Å². The van der Waals surface area contributed by atoms with Crippen LogP contribution in [0.15, 0.2) is 0 Å². The van der Waals surface area contributed by atoms with E-state index < -0.39 is 30.4 Å². The minimum atomic E-state index is -1.09. The van der Waals surface area contributed by atoms with Gasteiger partial charge in [-0.2, -0.15) is 0 Å². The van der Waals surface area contributed by atoms with Crippen molar-refractivity contribution in [2.24, 2.45) is 5.92 Å². The number of ketones is 1. The SMILES string of the molecule is CCCCC(NC(=O)C(CC(C)C)NC(C)=O)C(=O)CF. The standard InChI is InChI=1S/C15H27FN2O3/c1-5-6-7-12(14(20)9-16)18-15(21)13(8-10(2)3)17-11(4)19/h10,12-13H,5-9H2,1-4H3,(H,17,19)(H,18,21). The number of hydrogen-bond donors (Lipinski definition) is 2. The second-order valence-electron chi connectivity index (χ2n) is 5.69. The Morgan fingerprint density at radius 3 is 2.14 bits per heavy atom. The minimum Gasteiger partial charge on any atom is -0.345 e. The zero-order chi connectivity index (χ0) is 16.4. The first-order valence-electron chi connectivity index (χ1n) is 7.47. The normalized spacial score (nSPS) is 13.6. The number of unbranched alkanes of at least 4 members (excludes halogenated alkanes) is 1. The van der Waals surface area contributed by atoms with E-state index in [-0.39, 0.29) is 11.8 Å². The van der Waals surface area contributed by atoms with Crippen molar-refractivity contribution in [1.29, 1.82) is 0 Å². The maximum absolute atomic E-state index is 12.6. The predicted octanol–water partition coefficient (Wildman–Crippen LogP) is 1.75. The first-order valence-corrected chi connectivity index (χ1v) is 7.47. The van der Waals surface area contributed by atoms with E-state index >= 15 is 0 Å². The van der Waals surface area contributed by atoms with E-state index in [1.807, 2.05) is 20.8 Å². The molecular weight excluding hydrogens is 275 g/mol. The van der Waals surface area contributed by atoms with Crippen molar-refractivity contribution in [3.63, 3.8) is 0 Å². The van der Waals surface area contributed by atoms with Crippen LogP contribution in [0.25, 0.3) is 0 Å². The Labute approximate surface area is 126 Å². The highest BCUT2D eigenvalue weighted by molar-refractivity contribution is 5.92. The van der Waals surface area contributed by atoms with Crippen LogP contribution in [0.3, 0.4) is 0 Å². The molecule has 0 aliphatic carbocycles. The van der Waals surface area contributed by atoms with Gasteiger partial charge in [-0.05, 0) is 18.8 Å². The molecule has 0 aromatic heterocycles. The average Bonchev–Trinajstić information content (AvgIpc) is 2.40. The molecule has 122 valence electrons. The second-order valence-corrected chi connectivity index (χ2v) is 5.69. The molecule has 0 bridgehead atoms. The molecule has 2 unspecified atom stereocenters. The van der Waals surface area contributed by atoms with Crippen LogP contribution >= 0.6 is 0 Å². The van der Waals surface area contributed by atoms with Gasteiger partial charge in [0.25, 0.3) is 0 Å². The number of halogens is 1. The Hall–Kier alpha value is -1.46. The predicted molar refractivity (Wildman–Crippen MR) is 79.5 cm³/mol. The lowest BCUT2D eigenvalue weighted by Crippen LogP contribution is -2.52. The Balaban J connectivity index is 4.79. The Bertz CT molecular complexity index is 359. The molecule has 2 amide bonds. The molecule has 6 heteroatoms. The summed E-state index contributed by atoms with van der Waals surface area (Å²) in [6.07, 6.45) is 2.47. The van der Waals surface area contributed by atoms with E-state index in [0.29, 0.717) is 12.8 Å². The fraction of sp³-hybridized carbons (Fsp3) is 0.800. The van der Waals surface area contributed by atoms with Crippen molar-refractivity contribution < 1.29 is 18.8 Å². The average molecular weight is 302 g/mol. The highest BCUT2D eigenvalue weighted by Gasteiger charge is 2.26.